The molecule has 3 rings (SSSR count). The van der Waals surface area contributed by atoms with Crippen molar-refractivity contribution in [3.63, 3.8) is 0 Å². The fourth-order valence-corrected chi connectivity index (χ4v) is 3.51. The normalized spacial score (nSPS) is 21.4. The van der Waals surface area contributed by atoms with Crippen LogP contribution in [0.1, 0.15) is 12.0 Å². The van der Waals surface area contributed by atoms with E-state index in [0.29, 0.717) is 12.6 Å². The van der Waals surface area contributed by atoms with Crippen molar-refractivity contribution in [1.82, 2.24) is 15.1 Å². The van der Waals surface area contributed by atoms with Gasteiger partial charge < -0.3 is 19.7 Å². The summed E-state index contributed by atoms with van der Waals surface area (Å²) in [6, 6.07) is 5.57. The van der Waals surface area contributed by atoms with Gasteiger partial charge in [0.2, 0.25) is 0 Å². The van der Waals surface area contributed by atoms with E-state index in [1.807, 2.05) is 6.07 Å². The molecule has 0 radical (unpaired) electrons. The quantitative estimate of drug-likeness (QED) is 0.408. The largest absolute Gasteiger partial charge is 0.494 e. The Morgan fingerprint density at radius 2 is 2.12 bits per heavy atom. The van der Waals surface area contributed by atoms with Gasteiger partial charge in [0.05, 0.1) is 20.3 Å². The van der Waals surface area contributed by atoms with Crippen LogP contribution in [-0.4, -0.2) is 75.4 Å². The molecule has 1 atom stereocenters. The SMILES string of the molecule is CN=C(NCc1ccc(OC)c(F)c1)N1CCC(N2CCOCC2)C1.I. The molecule has 2 heterocycles. The molecule has 2 aliphatic heterocycles. The Bertz CT molecular complexity index is 611. The van der Waals surface area contributed by atoms with Gasteiger partial charge in [-0.1, -0.05) is 6.07 Å². The van der Waals surface area contributed by atoms with E-state index in [2.05, 4.69) is 20.1 Å². The zero-order valence-electron chi connectivity index (χ0n) is 15.4. The summed E-state index contributed by atoms with van der Waals surface area (Å²) in [5, 5.41) is 3.34. The Labute approximate surface area is 171 Å². The van der Waals surface area contributed by atoms with E-state index in [0.717, 1.165) is 57.3 Å². The summed E-state index contributed by atoms with van der Waals surface area (Å²) in [4.78, 5) is 9.18. The van der Waals surface area contributed by atoms with Crippen molar-refractivity contribution in [2.24, 2.45) is 4.99 Å². The van der Waals surface area contributed by atoms with Crippen LogP contribution in [0.4, 0.5) is 4.39 Å². The van der Waals surface area contributed by atoms with Crippen LogP contribution in [-0.2, 0) is 11.3 Å². The summed E-state index contributed by atoms with van der Waals surface area (Å²) in [7, 11) is 3.26. The Kier molecular flexibility index (Phi) is 8.36. The lowest BCUT2D eigenvalue weighted by atomic mass is 10.2. The average molecular weight is 478 g/mol. The van der Waals surface area contributed by atoms with Gasteiger partial charge in [-0.15, -0.1) is 24.0 Å². The Morgan fingerprint density at radius 1 is 1.35 bits per heavy atom. The predicted molar refractivity (Wildman–Crippen MR) is 111 cm³/mol. The van der Waals surface area contributed by atoms with Crippen LogP contribution >= 0.6 is 24.0 Å². The first-order valence-electron chi connectivity index (χ1n) is 8.81. The van der Waals surface area contributed by atoms with Gasteiger partial charge in [0.15, 0.2) is 17.5 Å². The van der Waals surface area contributed by atoms with E-state index >= 15 is 0 Å². The molecule has 1 aromatic rings. The highest BCUT2D eigenvalue weighted by Crippen LogP contribution is 2.19. The summed E-state index contributed by atoms with van der Waals surface area (Å²) in [5.74, 6) is 0.790. The van der Waals surface area contributed by atoms with Crippen LogP contribution in [0.2, 0.25) is 0 Å². The second-order valence-electron chi connectivity index (χ2n) is 6.41. The van der Waals surface area contributed by atoms with Gasteiger partial charge >= 0.3 is 0 Å². The number of guanidine groups is 1. The van der Waals surface area contributed by atoms with Crippen LogP contribution in [0.25, 0.3) is 0 Å². The molecule has 0 aliphatic carbocycles. The number of methoxy groups -OCH3 is 1. The van der Waals surface area contributed by atoms with Crippen LogP contribution in [0, 0.1) is 5.82 Å². The summed E-state index contributed by atoms with van der Waals surface area (Å²) >= 11 is 0. The minimum absolute atomic E-state index is 0. The average Bonchev–Trinajstić information content (AvgIpc) is 3.13. The van der Waals surface area contributed by atoms with Crippen molar-refractivity contribution in [2.45, 2.75) is 19.0 Å². The molecule has 0 saturated carbocycles. The van der Waals surface area contributed by atoms with Crippen molar-refractivity contribution in [2.75, 3.05) is 53.6 Å². The lowest BCUT2D eigenvalue weighted by molar-refractivity contribution is 0.0195. The Morgan fingerprint density at radius 3 is 2.77 bits per heavy atom. The third-order valence-corrected chi connectivity index (χ3v) is 4.90. The van der Waals surface area contributed by atoms with Gasteiger partial charge in [0.25, 0.3) is 0 Å². The van der Waals surface area contributed by atoms with E-state index < -0.39 is 0 Å². The number of morpholine rings is 1. The number of hydrogen-bond donors (Lipinski definition) is 1. The molecule has 146 valence electrons. The third-order valence-electron chi connectivity index (χ3n) is 4.90. The highest BCUT2D eigenvalue weighted by Gasteiger charge is 2.30. The molecule has 1 N–H and O–H groups in total. The maximum absolute atomic E-state index is 13.8. The molecular formula is C18H28FIN4O2. The summed E-state index contributed by atoms with van der Waals surface area (Å²) in [5.41, 5.74) is 0.864. The number of halogens is 2. The first-order chi connectivity index (χ1) is 12.2. The number of likely N-dealkylation sites (tertiary alicyclic amines) is 1. The van der Waals surface area contributed by atoms with Crippen LogP contribution in [0.5, 0.6) is 5.75 Å². The second kappa shape index (κ2) is 10.3. The lowest BCUT2D eigenvalue weighted by Crippen LogP contribution is -2.46. The van der Waals surface area contributed by atoms with Crippen molar-refractivity contribution in [1.29, 1.82) is 0 Å². The van der Waals surface area contributed by atoms with E-state index in [1.165, 1.54) is 13.2 Å². The standard InChI is InChI=1S/C18H27FN4O2.HI/c1-20-18(21-12-14-3-4-17(24-2)16(19)11-14)23-6-5-15(13-23)22-7-9-25-10-8-22;/h3-4,11,15H,5-10,12-13H2,1-2H3,(H,20,21);1H. The zero-order valence-corrected chi connectivity index (χ0v) is 17.7. The number of aliphatic imine (C=N–C) groups is 1. The summed E-state index contributed by atoms with van der Waals surface area (Å²) in [6.07, 6.45) is 1.14. The molecule has 6 nitrogen and oxygen atoms in total. The molecule has 2 saturated heterocycles. The smallest absolute Gasteiger partial charge is 0.193 e. The van der Waals surface area contributed by atoms with Gasteiger partial charge in [-0.25, -0.2) is 4.39 Å². The number of ether oxygens (including phenoxy) is 2. The van der Waals surface area contributed by atoms with E-state index in [9.17, 15) is 4.39 Å². The number of rotatable bonds is 4. The zero-order chi connectivity index (χ0) is 17.6. The monoisotopic (exact) mass is 478 g/mol. The van der Waals surface area contributed by atoms with E-state index in [4.69, 9.17) is 9.47 Å². The maximum Gasteiger partial charge on any atom is 0.193 e. The van der Waals surface area contributed by atoms with Crippen molar-refractivity contribution in [3.8, 4) is 5.75 Å². The highest BCUT2D eigenvalue weighted by atomic mass is 127. The molecular weight excluding hydrogens is 450 g/mol. The number of benzene rings is 1. The molecule has 8 heteroatoms. The number of hydrogen-bond acceptors (Lipinski definition) is 4. The van der Waals surface area contributed by atoms with Crippen molar-refractivity contribution >= 4 is 29.9 Å². The molecule has 0 spiro atoms. The lowest BCUT2D eigenvalue weighted by Gasteiger charge is -2.32. The molecule has 0 amide bonds. The second-order valence-corrected chi connectivity index (χ2v) is 6.41. The predicted octanol–water partition coefficient (Wildman–Crippen LogP) is 1.93. The Hall–Kier alpha value is -1.13. The van der Waals surface area contributed by atoms with Gasteiger partial charge in [-0.3, -0.25) is 9.89 Å². The van der Waals surface area contributed by atoms with Gasteiger partial charge in [0, 0.05) is 45.8 Å². The molecule has 0 aromatic heterocycles. The fourth-order valence-electron chi connectivity index (χ4n) is 3.51. The first kappa shape index (κ1) is 21.2. The van der Waals surface area contributed by atoms with E-state index in [1.54, 1.807) is 13.1 Å². The van der Waals surface area contributed by atoms with E-state index in [-0.39, 0.29) is 35.5 Å². The Balaban J connectivity index is 0.00000243. The van der Waals surface area contributed by atoms with Gasteiger partial charge in [-0.05, 0) is 24.1 Å². The van der Waals surface area contributed by atoms with Gasteiger partial charge in [0.1, 0.15) is 0 Å². The van der Waals surface area contributed by atoms with Crippen molar-refractivity contribution in [3.05, 3.63) is 29.6 Å². The molecule has 1 aromatic carbocycles. The molecule has 0 bridgehead atoms. The highest BCUT2D eigenvalue weighted by molar-refractivity contribution is 14.0. The van der Waals surface area contributed by atoms with Gasteiger partial charge in [-0.2, -0.15) is 0 Å². The number of nitrogens with zero attached hydrogens (tertiary/aromatic N) is 3. The fraction of sp³-hybridized carbons (Fsp3) is 0.611. The van der Waals surface area contributed by atoms with Crippen molar-refractivity contribution < 1.29 is 13.9 Å². The third kappa shape index (κ3) is 5.20. The topological polar surface area (TPSA) is 49.3 Å². The van der Waals surface area contributed by atoms with Crippen LogP contribution < -0.4 is 10.1 Å². The maximum atomic E-state index is 13.8. The molecule has 2 fully saturated rings. The summed E-state index contributed by atoms with van der Waals surface area (Å²) < 4.78 is 24.2. The minimum atomic E-state index is -0.342. The number of nitrogens with one attached hydrogen (secondary N) is 1. The molecule has 26 heavy (non-hydrogen) atoms. The molecule has 1 unspecified atom stereocenters. The van der Waals surface area contributed by atoms with Crippen LogP contribution in [0.3, 0.4) is 0 Å². The minimum Gasteiger partial charge on any atom is -0.494 e. The van der Waals surface area contributed by atoms with Crippen LogP contribution in [0.15, 0.2) is 23.2 Å². The molecule has 2 aliphatic rings. The first-order valence-corrected chi connectivity index (χ1v) is 8.81. The summed E-state index contributed by atoms with van der Waals surface area (Å²) in [6.45, 7) is 6.16.